The van der Waals surface area contributed by atoms with Gasteiger partial charge in [-0.25, -0.2) is 9.37 Å². The number of H-pyrrole nitrogens is 1. The molecule has 0 aliphatic rings. The molecule has 0 amide bonds. The standard InChI is InChI=1S/C26H26FN5OS/c1-3-15-12-19(23(27)21(13-15)33-2)24(31-17-10-8-16(9-11-17)25(28)29)26-30-14-20(32-26)18-6-4-5-7-22(18)34/h4-14,24,31,34H,3H2,1-2H3,(H3,28,29)(H,30,32). The number of ether oxygens (including phenoxy) is 1. The van der Waals surface area contributed by atoms with Gasteiger partial charge in [-0.3, -0.25) is 5.41 Å². The van der Waals surface area contributed by atoms with Crippen LogP contribution in [0, 0.1) is 11.2 Å². The topological polar surface area (TPSA) is 99.8 Å². The Hall–Kier alpha value is -3.78. The molecular formula is C26H26FN5OS. The summed E-state index contributed by atoms with van der Waals surface area (Å²) >= 11 is 4.55. The van der Waals surface area contributed by atoms with E-state index in [1.807, 2.05) is 37.3 Å². The van der Waals surface area contributed by atoms with Crippen molar-refractivity contribution in [3.05, 3.63) is 95.2 Å². The number of aromatic nitrogens is 2. The number of benzene rings is 3. The Balaban J connectivity index is 1.81. The van der Waals surface area contributed by atoms with Gasteiger partial charge in [-0.1, -0.05) is 31.2 Å². The van der Waals surface area contributed by atoms with E-state index < -0.39 is 11.9 Å². The summed E-state index contributed by atoms with van der Waals surface area (Å²) in [7, 11) is 1.46. The van der Waals surface area contributed by atoms with E-state index >= 15 is 4.39 Å². The first kappa shape index (κ1) is 23.4. The third-order valence-corrected chi connectivity index (χ3v) is 6.03. The van der Waals surface area contributed by atoms with E-state index in [2.05, 4.69) is 27.9 Å². The maximum Gasteiger partial charge on any atom is 0.170 e. The van der Waals surface area contributed by atoms with Gasteiger partial charge in [0.25, 0.3) is 0 Å². The second-order valence-corrected chi connectivity index (χ2v) is 8.30. The summed E-state index contributed by atoms with van der Waals surface area (Å²) in [6.45, 7) is 2.01. The van der Waals surface area contributed by atoms with Gasteiger partial charge in [0.05, 0.1) is 19.0 Å². The van der Waals surface area contributed by atoms with Crippen LogP contribution in [0.3, 0.4) is 0 Å². The molecule has 0 saturated heterocycles. The van der Waals surface area contributed by atoms with E-state index in [0.29, 0.717) is 17.0 Å². The number of nitrogens with two attached hydrogens (primary N) is 1. The third kappa shape index (κ3) is 4.77. The molecule has 0 fully saturated rings. The first-order chi connectivity index (χ1) is 16.4. The summed E-state index contributed by atoms with van der Waals surface area (Å²) in [5.41, 5.74) is 9.94. The van der Waals surface area contributed by atoms with Gasteiger partial charge in [0, 0.05) is 27.3 Å². The van der Waals surface area contributed by atoms with Gasteiger partial charge in [-0.15, -0.1) is 12.6 Å². The van der Waals surface area contributed by atoms with Gasteiger partial charge in [-0.05, 0) is 48.4 Å². The van der Waals surface area contributed by atoms with E-state index in [0.717, 1.165) is 33.8 Å². The zero-order valence-corrected chi connectivity index (χ0v) is 19.8. The molecule has 1 aromatic heterocycles. The van der Waals surface area contributed by atoms with E-state index in [-0.39, 0.29) is 11.6 Å². The SMILES string of the molecule is CCc1cc(OC)c(F)c(C(Nc2ccc(C(=N)N)cc2)c2ncc(-c3ccccc3S)[nH]2)c1. The Morgan fingerprint density at radius 2 is 1.94 bits per heavy atom. The number of nitrogens with zero attached hydrogens (tertiary/aromatic N) is 1. The van der Waals surface area contributed by atoms with Gasteiger partial charge in [0.1, 0.15) is 17.7 Å². The molecule has 0 aliphatic carbocycles. The third-order valence-electron chi connectivity index (χ3n) is 5.64. The molecule has 1 atom stereocenters. The number of thiol groups is 1. The highest BCUT2D eigenvalue weighted by Gasteiger charge is 2.25. The van der Waals surface area contributed by atoms with E-state index in [1.54, 1.807) is 36.5 Å². The molecule has 0 bridgehead atoms. The van der Waals surface area contributed by atoms with Crippen molar-refractivity contribution in [1.82, 2.24) is 9.97 Å². The molecule has 1 unspecified atom stereocenters. The van der Waals surface area contributed by atoms with Crippen molar-refractivity contribution in [2.45, 2.75) is 24.3 Å². The van der Waals surface area contributed by atoms with Crippen LogP contribution in [0.25, 0.3) is 11.3 Å². The maximum absolute atomic E-state index is 15.5. The molecule has 4 rings (SSSR count). The zero-order chi connectivity index (χ0) is 24.2. The predicted molar refractivity (Wildman–Crippen MR) is 137 cm³/mol. The van der Waals surface area contributed by atoms with E-state index in [4.69, 9.17) is 15.9 Å². The summed E-state index contributed by atoms with van der Waals surface area (Å²) in [6, 6.07) is 17.7. The molecular weight excluding hydrogens is 449 g/mol. The van der Waals surface area contributed by atoms with Crippen LogP contribution in [0.5, 0.6) is 5.75 Å². The second-order valence-electron chi connectivity index (χ2n) is 7.82. The first-order valence-electron chi connectivity index (χ1n) is 10.8. The van der Waals surface area contributed by atoms with Crippen LogP contribution in [-0.2, 0) is 6.42 Å². The van der Waals surface area contributed by atoms with Crippen molar-refractivity contribution in [2.24, 2.45) is 5.73 Å². The van der Waals surface area contributed by atoms with Gasteiger partial charge < -0.3 is 20.8 Å². The Morgan fingerprint density at radius 3 is 2.59 bits per heavy atom. The number of rotatable bonds is 8. The minimum atomic E-state index is -0.635. The van der Waals surface area contributed by atoms with Gasteiger partial charge >= 0.3 is 0 Å². The molecule has 8 heteroatoms. The highest BCUT2D eigenvalue weighted by Crippen LogP contribution is 2.34. The number of amidine groups is 1. The molecule has 34 heavy (non-hydrogen) atoms. The summed E-state index contributed by atoms with van der Waals surface area (Å²) in [4.78, 5) is 8.74. The zero-order valence-electron chi connectivity index (χ0n) is 18.9. The molecule has 1 heterocycles. The Labute approximate surface area is 203 Å². The Kier molecular flexibility index (Phi) is 6.88. The number of nitrogens with one attached hydrogen (secondary N) is 3. The molecule has 4 aromatic rings. The second kappa shape index (κ2) is 10.0. The van der Waals surface area contributed by atoms with Crippen molar-refractivity contribution < 1.29 is 9.13 Å². The van der Waals surface area contributed by atoms with Gasteiger partial charge in [-0.2, -0.15) is 0 Å². The summed E-state index contributed by atoms with van der Waals surface area (Å²) in [5, 5.41) is 11.0. The number of nitrogen functional groups attached to an aromatic ring is 1. The summed E-state index contributed by atoms with van der Waals surface area (Å²) < 4.78 is 20.8. The Morgan fingerprint density at radius 1 is 1.21 bits per heavy atom. The highest BCUT2D eigenvalue weighted by molar-refractivity contribution is 7.80. The largest absolute Gasteiger partial charge is 0.494 e. The molecule has 174 valence electrons. The number of imidazole rings is 1. The monoisotopic (exact) mass is 475 g/mol. The number of aryl methyl sites for hydroxylation is 1. The maximum atomic E-state index is 15.5. The molecule has 6 nitrogen and oxygen atoms in total. The normalized spacial score (nSPS) is 11.8. The lowest BCUT2D eigenvalue weighted by Gasteiger charge is -2.21. The number of methoxy groups -OCH3 is 1. The van der Waals surface area contributed by atoms with Gasteiger partial charge in [0.2, 0.25) is 0 Å². The fourth-order valence-electron chi connectivity index (χ4n) is 3.77. The van der Waals surface area contributed by atoms with Gasteiger partial charge in [0.15, 0.2) is 11.6 Å². The lowest BCUT2D eigenvalue weighted by atomic mass is 10.00. The number of hydrogen-bond acceptors (Lipinski definition) is 5. The molecule has 0 radical (unpaired) electrons. The predicted octanol–water partition coefficient (Wildman–Crippen LogP) is 5.56. The van der Waals surface area contributed by atoms with Crippen molar-refractivity contribution >= 4 is 24.2 Å². The first-order valence-corrected chi connectivity index (χ1v) is 11.3. The molecule has 0 aliphatic heterocycles. The van der Waals surface area contributed by atoms with E-state index in [9.17, 15) is 0 Å². The lowest BCUT2D eigenvalue weighted by molar-refractivity contribution is 0.383. The van der Waals surface area contributed by atoms with Crippen molar-refractivity contribution in [3.8, 4) is 17.0 Å². The Bertz CT molecular complexity index is 1320. The van der Waals surface area contributed by atoms with Crippen molar-refractivity contribution in [3.63, 3.8) is 0 Å². The fourth-order valence-corrected chi connectivity index (χ4v) is 4.05. The summed E-state index contributed by atoms with van der Waals surface area (Å²) in [5.74, 6) is 0.248. The van der Waals surface area contributed by atoms with Crippen LogP contribution in [0.15, 0.2) is 71.8 Å². The highest BCUT2D eigenvalue weighted by atomic mass is 32.1. The summed E-state index contributed by atoms with van der Waals surface area (Å²) in [6.07, 6.45) is 2.44. The minimum Gasteiger partial charge on any atom is -0.494 e. The average molecular weight is 476 g/mol. The number of anilines is 1. The number of aromatic amines is 1. The smallest absolute Gasteiger partial charge is 0.170 e. The number of hydrogen-bond donors (Lipinski definition) is 5. The molecule has 3 aromatic carbocycles. The lowest BCUT2D eigenvalue weighted by Crippen LogP contribution is -2.17. The van der Waals surface area contributed by atoms with E-state index in [1.165, 1.54) is 7.11 Å². The molecule has 0 spiro atoms. The average Bonchev–Trinajstić information content (AvgIpc) is 3.33. The van der Waals surface area contributed by atoms with Crippen molar-refractivity contribution in [1.29, 1.82) is 5.41 Å². The van der Waals surface area contributed by atoms with Crippen LogP contribution < -0.4 is 15.8 Å². The van der Waals surface area contributed by atoms with Crippen molar-refractivity contribution in [2.75, 3.05) is 12.4 Å². The molecule has 5 N–H and O–H groups in total. The van der Waals surface area contributed by atoms with Crippen LogP contribution in [0.4, 0.5) is 10.1 Å². The molecule has 0 saturated carbocycles. The van der Waals surface area contributed by atoms with Crippen LogP contribution >= 0.6 is 12.6 Å². The minimum absolute atomic E-state index is 0.0179. The van der Waals surface area contributed by atoms with Crippen LogP contribution in [0.1, 0.15) is 35.5 Å². The van der Waals surface area contributed by atoms with Crippen LogP contribution in [0.2, 0.25) is 0 Å². The fraction of sp³-hybridized carbons (Fsp3) is 0.154. The van der Waals surface area contributed by atoms with Crippen LogP contribution in [-0.4, -0.2) is 22.9 Å². The number of halogens is 1. The quantitative estimate of drug-likeness (QED) is 0.131.